The number of hydrogen-bond donors (Lipinski definition) is 1. The summed E-state index contributed by atoms with van der Waals surface area (Å²) in [5, 5.41) is 9.43. The van der Waals surface area contributed by atoms with Crippen molar-refractivity contribution in [3.05, 3.63) is 29.3 Å². The van der Waals surface area contributed by atoms with E-state index in [9.17, 15) is 14.7 Å². The third kappa shape index (κ3) is 3.50. The molecule has 0 fully saturated rings. The molecule has 1 heterocycles. The number of hydrogen-bond acceptors (Lipinski definition) is 4. The quantitative estimate of drug-likeness (QED) is 0.908. The molecule has 2 rings (SSSR count). The minimum absolute atomic E-state index is 0.213. The molecule has 0 saturated carbocycles. The second kappa shape index (κ2) is 5.87. The Bertz CT molecular complexity index is 591. The number of rotatable bonds is 2. The Morgan fingerprint density at radius 1 is 1.27 bits per heavy atom. The maximum atomic E-state index is 12.3. The highest BCUT2D eigenvalue weighted by atomic mass is 16.6. The van der Waals surface area contributed by atoms with Gasteiger partial charge in [0.25, 0.3) is 0 Å². The SMILES string of the molecule is COc1ccc2c(c1)CC(C(=O)O)N(C(=O)OC(C)(C)C)C2. The summed E-state index contributed by atoms with van der Waals surface area (Å²) in [6.45, 7) is 5.47. The van der Waals surface area contributed by atoms with E-state index in [-0.39, 0.29) is 13.0 Å². The van der Waals surface area contributed by atoms with Gasteiger partial charge in [0, 0.05) is 6.42 Å². The number of carboxylic acid groups (broad SMARTS) is 1. The summed E-state index contributed by atoms with van der Waals surface area (Å²) in [4.78, 5) is 25.1. The highest BCUT2D eigenvalue weighted by Crippen LogP contribution is 2.28. The van der Waals surface area contributed by atoms with Crippen LogP contribution in [0, 0.1) is 0 Å². The summed E-state index contributed by atoms with van der Waals surface area (Å²) >= 11 is 0. The van der Waals surface area contributed by atoms with Gasteiger partial charge in [0.05, 0.1) is 13.7 Å². The lowest BCUT2D eigenvalue weighted by molar-refractivity contribution is -0.143. The molecule has 1 aromatic carbocycles. The molecule has 1 aliphatic rings. The van der Waals surface area contributed by atoms with Crippen molar-refractivity contribution in [2.75, 3.05) is 7.11 Å². The normalized spacial score (nSPS) is 17.6. The number of carboxylic acids is 1. The van der Waals surface area contributed by atoms with Crippen LogP contribution in [-0.2, 0) is 22.5 Å². The standard InChI is InChI=1S/C16H21NO5/c1-16(2,3)22-15(20)17-9-10-5-6-12(21-4)7-11(10)8-13(17)14(18)19/h5-7,13H,8-9H2,1-4H3,(H,18,19). The first-order chi connectivity index (χ1) is 10.2. The van der Waals surface area contributed by atoms with Crippen molar-refractivity contribution in [1.29, 1.82) is 0 Å². The fourth-order valence-electron chi connectivity index (χ4n) is 2.42. The minimum Gasteiger partial charge on any atom is -0.497 e. The van der Waals surface area contributed by atoms with Crippen LogP contribution in [0.15, 0.2) is 18.2 Å². The monoisotopic (exact) mass is 307 g/mol. The van der Waals surface area contributed by atoms with Gasteiger partial charge < -0.3 is 14.6 Å². The van der Waals surface area contributed by atoms with Gasteiger partial charge in [0.15, 0.2) is 0 Å². The van der Waals surface area contributed by atoms with Crippen molar-refractivity contribution >= 4 is 12.1 Å². The number of methoxy groups -OCH3 is 1. The van der Waals surface area contributed by atoms with Gasteiger partial charge in [0.1, 0.15) is 17.4 Å². The summed E-state index contributed by atoms with van der Waals surface area (Å²) in [5.74, 6) is -0.368. The largest absolute Gasteiger partial charge is 0.497 e. The second-order valence-electron chi connectivity index (χ2n) is 6.30. The molecule has 120 valence electrons. The molecule has 1 aliphatic heterocycles. The van der Waals surface area contributed by atoms with Crippen molar-refractivity contribution in [3.8, 4) is 5.75 Å². The van der Waals surface area contributed by atoms with Crippen LogP contribution in [0.3, 0.4) is 0 Å². The van der Waals surface area contributed by atoms with Crippen molar-refractivity contribution in [2.24, 2.45) is 0 Å². The number of amides is 1. The third-order valence-corrected chi connectivity index (χ3v) is 3.46. The zero-order chi connectivity index (χ0) is 16.5. The number of ether oxygens (including phenoxy) is 2. The fourth-order valence-corrected chi connectivity index (χ4v) is 2.42. The number of carbonyl (C=O) groups is 2. The number of nitrogens with zero attached hydrogens (tertiary/aromatic N) is 1. The van der Waals surface area contributed by atoms with Gasteiger partial charge in [0.2, 0.25) is 0 Å². The molecule has 0 saturated heterocycles. The van der Waals surface area contributed by atoms with E-state index in [0.717, 1.165) is 11.1 Å². The number of aliphatic carboxylic acids is 1. The highest BCUT2D eigenvalue weighted by Gasteiger charge is 2.37. The summed E-state index contributed by atoms with van der Waals surface area (Å²) in [6.07, 6.45) is -0.373. The van der Waals surface area contributed by atoms with Crippen LogP contribution in [0.25, 0.3) is 0 Å². The van der Waals surface area contributed by atoms with Crippen LogP contribution in [0.5, 0.6) is 5.75 Å². The zero-order valence-corrected chi connectivity index (χ0v) is 13.3. The number of carbonyl (C=O) groups excluding carboxylic acids is 1. The van der Waals surface area contributed by atoms with Crippen molar-refractivity contribution in [2.45, 2.75) is 45.4 Å². The van der Waals surface area contributed by atoms with E-state index in [1.165, 1.54) is 4.90 Å². The molecule has 0 radical (unpaired) electrons. The van der Waals surface area contributed by atoms with Crippen LogP contribution in [0.4, 0.5) is 4.79 Å². The molecule has 6 nitrogen and oxygen atoms in total. The molecule has 1 atom stereocenters. The molecule has 22 heavy (non-hydrogen) atoms. The van der Waals surface area contributed by atoms with Crippen LogP contribution in [0.2, 0.25) is 0 Å². The predicted molar refractivity (Wildman–Crippen MR) is 79.9 cm³/mol. The Hall–Kier alpha value is -2.24. The predicted octanol–water partition coefficient (Wildman–Crippen LogP) is 2.44. The minimum atomic E-state index is -1.04. The van der Waals surface area contributed by atoms with E-state index in [0.29, 0.717) is 5.75 Å². The third-order valence-electron chi connectivity index (χ3n) is 3.46. The van der Waals surface area contributed by atoms with Gasteiger partial charge in [-0.1, -0.05) is 6.07 Å². The Morgan fingerprint density at radius 2 is 1.95 bits per heavy atom. The van der Waals surface area contributed by atoms with Gasteiger partial charge in [-0.15, -0.1) is 0 Å². The molecule has 1 amide bonds. The van der Waals surface area contributed by atoms with E-state index in [1.807, 2.05) is 12.1 Å². The Kier molecular flexibility index (Phi) is 4.30. The fraction of sp³-hybridized carbons (Fsp3) is 0.500. The molecule has 1 N–H and O–H groups in total. The molecule has 0 aromatic heterocycles. The Labute approximate surface area is 129 Å². The van der Waals surface area contributed by atoms with Gasteiger partial charge in [-0.2, -0.15) is 0 Å². The number of benzene rings is 1. The summed E-state index contributed by atoms with van der Waals surface area (Å²) < 4.78 is 10.5. The van der Waals surface area contributed by atoms with Crippen LogP contribution in [0.1, 0.15) is 31.9 Å². The van der Waals surface area contributed by atoms with Crippen molar-refractivity contribution < 1.29 is 24.2 Å². The summed E-state index contributed by atoms with van der Waals surface area (Å²) in [7, 11) is 1.56. The van der Waals surface area contributed by atoms with Gasteiger partial charge in [-0.3, -0.25) is 4.90 Å². The van der Waals surface area contributed by atoms with E-state index in [4.69, 9.17) is 9.47 Å². The Morgan fingerprint density at radius 3 is 2.50 bits per heavy atom. The highest BCUT2D eigenvalue weighted by molar-refractivity contribution is 5.81. The lowest BCUT2D eigenvalue weighted by atomic mass is 9.94. The molecule has 6 heteroatoms. The van der Waals surface area contributed by atoms with E-state index in [2.05, 4.69) is 0 Å². The van der Waals surface area contributed by atoms with Gasteiger partial charge in [-0.25, -0.2) is 9.59 Å². The van der Waals surface area contributed by atoms with Crippen molar-refractivity contribution in [1.82, 2.24) is 4.90 Å². The Balaban J connectivity index is 2.30. The first kappa shape index (κ1) is 16.1. The first-order valence-corrected chi connectivity index (χ1v) is 7.09. The zero-order valence-electron chi connectivity index (χ0n) is 13.3. The lowest BCUT2D eigenvalue weighted by Crippen LogP contribution is -2.50. The smallest absolute Gasteiger partial charge is 0.411 e. The molecule has 1 unspecified atom stereocenters. The summed E-state index contributed by atoms with van der Waals surface area (Å²) in [5.41, 5.74) is 1.12. The molecule has 0 spiro atoms. The van der Waals surface area contributed by atoms with Crippen LogP contribution < -0.4 is 4.74 Å². The first-order valence-electron chi connectivity index (χ1n) is 7.09. The average molecular weight is 307 g/mol. The van der Waals surface area contributed by atoms with E-state index >= 15 is 0 Å². The maximum absolute atomic E-state index is 12.3. The van der Waals surface area contributed by atoms with Gasteiger partial charge in [-0.05, 0) is 44.0 Å². The topological polar surface area (TPSA) is 76.1 Å². The molecular weight excluding hydrogens is 286 g/mol. The van der Waals surface area contributed by atoms with Crippen molar-refractivity contribution in [3.63, 3.8) is 0 Å². The lowest BCUT2D eigenvalue weighted by Gasteiger charge is -2.35. The molecular formula is C16H21NO5. The maximum Gasteiger partial charge on any atom is 0.411 e. The average Bonchev–Trinajstić information content (AvgIpc) is 2.43. The van der Waals surface area contributed by atoms with E-state index in [1.54, 1.807) is 33.9 Å². The molecule has 0 bridgehead atoms. The van der Waals surface area contributed by atoms with E-state index < -0.39 is 23.7 Å². The van der Waals surface area contributed by atoms with Crippen LogP contribution in [-0.4, -0.2) is 40.8 Å². The summed E-state index contributed by atoms with van der Waals surface area (Å²) in [6, 6.07) is 4.53. The molecule has 1 aromatic rings. The second-order valence-corrected chi connectivity index (χ2v) is 6.30. The van der Waals surface area contributed by atoms with Gasteiger partial charge >= 0.3 is 12.1 Å². The number of fused-ring (bicyclic) bond motifs is 1. The molecule has 0 aliphatic carbocycles. The van der Waals surface area contributed by atoms with Crippen LogP contribution >= 0.6 is 0 Å².